The van der Waals surface area contributed by atoms with Crippen LogP contribution in [0.3, 0.4) is 0 Å². The minimum Gasteiger partial charge on any atom is -0.309 e. The van der Waals surface area contributed by atoms with Crippen molar-refractivity contribution in [2.45, 2.75) is 38.6 Å². The van der Waals surface area contributed by atoms with E-state index >= 15 is 0 Å². The van der Waals surface area contributed by atoms with Gasteiger partial charge < -0.3 is 5.32 Å². The highest BCUT2D eigenvalue weighted by Crippen LogP contribution is 2.25. The van der Waals surface area contributed by atoms with Gasteiger partial charge in [-0.25, -0.2) is 0 Å². The van der Waals surface area contributed by atoms with Gasteiger partial charge in [-0.3, -0.25) is 0 Å². The van der Waals surface area contributed by atoms with Crippen LogP contribution in [-0.4, -0.2) is 6.54 Å². The van der Waals surface area contributed by atoms with Crippen LogP contribution in [0.2, 0.25) is 0 Å². The van der Waals surface area contributed by atoms with Gasteiger partial charge in [0, 0.05) is 22.5 Å². The van der Waals surface area contributed by atoms with E-state index in [1.807, 2.05) is 0 Å². The summed E-state index contributed by atoms with van der Waals surface area (Å²) in [5.41, 5.74) is 2.85. The minimum atomic E-state index is 0.126. The summed E-state index contributed by atoms with van der Waals surface area (Å²) >= 11 is 3.56. The number of nitrogens with one attached hydrogen (secondary N) is 1. The molecule has 1 unspecified atom stereocenters. The summed E-state index contributed by atoms with van der Waals surface area (Å²) in [7, 11) is 0. The van der Waals surface area contributed by atoms with Gasteiger partial charge in [0.25, 0.3) is 0 Å². The highest BCUT2D eigenvalue weighted by Gasteiger charge is 2.21. The van der Waals surface area contributed by atoms with Gasteiger partial charge >= 0.3 is 0 Å². The summed E-state index contributed by atoms with van der Waals surface area (Å²) in [6, 6.07) is 19.7. The molecule has 0 amide bonds. The van der Waals surface area contributed by atoms with E-state index in [-0.39, 0.29) is 5.41 Å². The van der Waals surface area contributed by atoms with Crippen molar-refractivity contribution in [1.29, 1.82) is 0 Å². The van der Waals surface area contributed by atoms with Gasteiger partial charge in [0.05, 0.1) is 0 Å². The highest BCUT2D eigenvalue weighted by molar-refractivity contribution is 9.10. The summed E-state index contributed by atoms with van der Waals surface area (Å²) in [5, 5.41) is 3.73. The molecule has 0 fully saturated rings. The molecule has 0 aliphatic heterocycles. The van der Waals surface area contributed by atoms with Crippen molar-refractivity contribution in [3.63, 3.8) is 0 Å². The van der Waals surface area contributed by atoms with Crippen molar-refractivity contribution in [2.24, 2.45) is 0 Å². The zero-order valence-corrected chi connectivity index (χ0v) is 14.7. The van der Waals surface area contributed by atoms with Crippen LogP contribution in [0, 0.1) is 0 Å². The smallest absolute Gasteiger partial charge is 0.0318 e. The van der Waals surface area contributed by atoms with E-state index in [0.29, 0.717) is 6.04 Å². The lowest BCUT2D eigenvalue weighted by atomic mass is 9.84. The fraction of sp³-hybridized carbons (Fsp3) is 0.368. The molecule has 21 heavy (non-hydrogen) atoms. The van der Waals surface area contributed by atoms with Crippen LogP contribution < -0.4 is 5.32 Å². The molecule has 0 bridgehead atoms. The van der Waals surface area contributed by atoms with Gasteiger partial charge in [-0.05, 0) is 29.7 Å². The molecular weight excluding hydrogens is 322 g/mol. The zero-order valence-electron chi connectivity index (χ0n) is 13.1. The summed E-state index contributed by atoms with van der Waals surface area (Å²) in [4.78, 5) is 0. The van der Waals surface area contributed by atoms with Crippen LogP contribution in [0.5, 0.6) is 0 Å². The van der Waals surface area contributed by atoms with Crippen LogP contribution in [0.15, 0.2) is 59.1 Å². The predicted molar refractivity (Wildman–Crippen MR) is 94.6 cm³/mol. The maximum Gasteiger partial charge on any atom is 0.0318 e. The number of benzene rings is 2. The van der Waals surface area contributed by atoms with Crippen LogP contribution in [0.4, 0.5) is 0 Å². The van der Waals surface area contributed by atoms with Gasteiger partial charge in [-0.2, -0.15) is 0 Å². The number of rotatable bonds is 6. The van der Waals surface area contributed by atoms with Gasteiger partial charge in [0.15, 0.2) is 0 Å². The summed E-state index contributed by atoms with van der Waals surface area (Å²) in [6.07, 6.45) is 1.08. The normalized spacial score (nSPS) is 13.1. The molecule has 0 aliphatic carbocycles. The standard InChI is InChI=1S/C19H24BrN/c1-4-18(15-9-8-12-17(20)13-15)21-14-19(2,3)16-10-6-5-7-11-16/h5-13,18,21H,4,14H2,1-3H3. The van der Waals surface area contributed by atoms with Crippen molar-refractivity contribution in [2.75, 3.05) is 6.54 Å². The topological polar surface area (TPSA) is 12.0 Å². The van der Waals surface area contributed by atoms with Crippen molar-refractivity contribution in [3.8, 4) is 0 Å². The van der Waals surface area contributed by atoms with Crippen LogP contribution in [0.1, 0.15) is 44.4 Å². The van der Waals surface area contributed by atoms with E-state index in [4.69, 9.17) is 0 Å². The van der Waals surface area contributed by atoms with Gasteiger partial charge in [0.1, 0.15) is 0 Å². The second kappa shape index (κ2) is 7.24. The molecule has 2 aromatic rings. The average Bonchev–Trinajstić information content (AvgIpc) is 2.49. The lowest BCUT2D eigenvalue weighted by Gasteiger charge is -2.29. The SMILES string of the molecule is CCC(NCC(C)(C)c1ccccc1)c1cccc(Br)c1. The van der Waals surface area contributed by atoms with E-state index in [2.05, 4.69) is 96.6 Å². The Balaban J connectivity index is 2.06. The largest absolute Gasteiger partial charge is 0.309 e. The first-order valence-corrected chi connectivity index (χ1v) is 8.36. The van der Waals surface area contributed by atoms with Gasteiger partial charge in [0.2, 0.25) is 0 Å². The Morgan fingerprint density at radius 1 is 1.05 bits per heavy atom. The lowest BCUT2D eigenvalue weighted by Crippen LogP contribution is -2.35. The predicted octanol–water partition coefficient (Wildman–Crippen LogP) is 5.47. The monoisotopic (exact) mass is 345 g/mol. The number of hydrogen-bond donors (Lipinski definition) is 1. The first kappa shape index (κ1) is 16.3. The molecule has 0 spiro atoms. The molecule has 0 radical (unpaired) electrons. The second-order valence-electron chi connectivity index (χ2n) is 6.15. The molecule has 112 valence electrons. The first-order valence-electron chi connectivity index (χ1n) is 7.57. The molecule has 2 rings (SSSR count). The Bertz CT molecular complexity index is 563. The molecule has 1 atom stereocenters. The molecule has 1 N–H and O–H groups in total. The molecule has 0 aliphatic rings. The van der Waals surface area contributed by atoms with Crippen LogP contribution in [0.25, 0.3) is 0 Å². The maximum absolute atomic E-state index is 3.73. The fourth-order valence-corrected chi connectivity index (χ4v) is 3.01. The second-order valence-corrected chi connectivity index (χ2v) is 7.06. The van der Waals surface area contributed by atoms with E-state index in [1.54, 1.807) is 0 Å². The maximum atomic E-state index is 3.73. The summed E-state index contributed by atoms with van der Waals surface area (Å²) < 4.78 is 1.14. The van der Waals surface area contributed by atoms with Crippen molar-refractivity contribution >= 4 is 15.9 Å². The van der Waals surface area contributed by atoms with Crippen molar-refractivity contribution in [3.05, 3.63) is 70.2 Å². The molecule has 2 aromatic carbocycles. The Labute approximate surface area is 136 Å². The third kappa shape index (κ3) is 4.42. The van der Waals surface area contributed by atoms with Gasteiger partial charge in [-0.15, -0.1) is 0 Å². The van der Waals surface area contributed by atoms with E-state index in [9.17, 15) is 0 Å². The van der Waals surface area contributed by atoms with Gasteiger partial charge in [-0.1, -0.05) is 79.2 Å². The Kier molecular flexibility index (Phi) is 5.60. The van der Waals surface area contributed by atoms with Crippen LogP contribution >= 0.6 is 15.9 Å². The fourth-order valence-electron chi connectivity index (χ4n) is 2.59. The average molecular weight is 346 g/mol. The van der Waals surface area contributed by atoms with Crippen LogP contribution in [-0.2, 0) is 5.41 Å². The van der Waals surface area contributed by atoms with E-state index < -0.39 is 0 Å². The molecular formula is C19H24BrN. The van der Waals surface area contributed by atoms with E-state index in [0.717, 1.165) is 17.4 Å². The molecule has 0 saturated carbocycles. The Hall–Kier alpha value is -1.12. The Morgan fingerprint density at radius 2 is 1.76 bits per heavy atom. The van der Waals surface area contributed by atoms with E-state index in [1.165, 1.54) is 11.1 Å². The summed E-state index contributed by atoms with van der Waals surface area (Å²) in [6.45, 7) is 7.78. The Morgan fingerprint density at radius 3 is 2.38 bits per heavy atom. The highest BCUT2D eigenvalue weighted by atomic mass is 79.9. The first-order chi connectivity index (χ1) is 10.0. The van der Waals surface area contributed by atoms with Crippen molar-refractivity contribution in [1.82, 2.24) is 5.32 Å². The zero-order chi connectivity index (χ0) is 15.3. The minimum absolute atomic E-state index is 0.126. The van der Waals surface area contributed by atoms with Crippen molar-refractivity contribution < 1.29 is 0 Å². The number of halogens is 1. The molecule has 0 aromatic heterocycles. The lowest BCUT2D eigenvalue weighted by molar-refractivity contribution is 0.416. The quantitative estimate of drug-likeness (QED) is 0.732. The molecule has 0 saturated heterocycles. The molecule has 1 nitrogen and oxygen atoms in total. The third-order valence-corrected chi connectivity index (χ3v) is 4.50. The third-order valence-electron chi connectivity index (χ3n) is 4.00. The molecule has 0 heterocycles. The molecule has 2 heteroatoms. The summed E-state index contributed by atoms with van der Waals surface area (Å²) in [5.74, 6) is 0. The number of hydrogen-bond acceptors (Lipinski definition) is 1.